The lowest BCUT2D eigenvalue weighted by atomic mass is 10.2. The van der Waals surface area contributed by atoms with Crippen molar-refractivity contribution in [3.63, 3.8) is 0 Å². The second-order valence-corrected chi connectivity index (χ2v) is 3.19. The Labute approximate surface area is 79.7 Å². The Hall–Kier alpha value is -1.63. The van der Waals surface area contributed by atoms with Gasteiger partial charge < -0.3 is 4.74 Å². The molecule has 1 fully saturated rings. The molecule has 0 N–H and O–H groups in total. The zero-order chi connectivity index (χ0) is 10.1. The molecule has 0 amide bonds. The number of ether oxygens (including phenoxy) is 1. The molecule has 2 nitrogen and oxygen atoms in total. The summed E-state index contributed by atoms with van der Waals surface area (Å²) in [5.41, 5.74) is -0.0885. The van der Waals surface area contributed by atoms with Crippen molar-refractivity contribution < 1.29 is 13.5 Å². The summed E-state index contributed by atoms with van der Waals surface area (Å²) >= 11 is 0. The summed E-state index contributed by atoms with van der Waals surface area (Å²) in [5.74, 6) is -1.70. The van der Waals surface area contributed by atoms with Crippen LogP contribution in [-0.4, -0.2) is 6.10 Å². The van der Waals surface area contributed by atoms with Crippen LogP contribution in [0.1, 0.15) is 18.4 Å². The fourth-order valence-corrected chi connectivity index (χ4v) is 1.12. The van der Waals surface area contributed by atoms with Gasteiger partial charge in [0.25, 0.3) is 0 Å². The lowest BCUT2D eigenvalue weighted by Gasteiger charge is -2.07. The Kier molecular flexibility index (Phi) is 2.08. The highest BCUT2D eigenvalue weighted by atomic mass is 19.1. The largest absolute Gasteiger partial charge is 0.486 e. The SMILES string of the molecule is N#Cc1cc(F)cc(F)c1OC1CC1. The van der Waals surface area contributed by atoms with Crippen LogP contribution in [-0.2, 0) is 0 Å². The zero-order valence-corrected chi connectivity index (χ0v) is 7.26. The molecule has 0 bridgehead atoms. The number of hydrogen-bond acceptors (Lipinski definition) is 2. The molecule has 0 atom stereocenters. The summed E-state index contributed by atoms with van der Waals surface area (Å²) in [6.07, 6.45) is 1.71. The van der Waals surface area contributed by atoms with Gasteiger partial charge in [0, 0.05) is 6.07 Å². The van der Waals surface area contributed by atoms with Crippen LogP contribution >= 0.6 is 0 Å². The standard InChI is InChI=1S/C10H7F2NO/c11-7-3-6(5-13)10(9(12)4-7)14-8-1-2-8/h3-4,8H,1-2H2. The van der Waals surface area contributed by atoms with Crippen LogP contribution in [0.5, 0.6) is 5.75 Å². The highest BCUT2D eigenvalue weighted by molar-refractivity contribution is 5.44. The minimum Gasteiger partial charge on any atom is -0.486 e. The minimum atomic E-state index is -0.812. The Bertz CT molecular complexity index is 407. The van der Waals surface area contributed by atoms with E-state index in [1.54, 1.807) is 6.07 Å². The average molecular weight is 195 g/mol. The van der Waals surface area contributed by atoms with Gasteiger partial charge in [-0.2, -0.15) is 5.26 Å². The zero-order valence-electron chi connectivity index (χ0n) is 7.26. The molecule has 0 heterocycles. The van der Waals surface area contributed by atoms with Crippen LogP contribution < -0.4 is 4.74 Å². The van der Waals surface area contributed by atoms with Crippen LogP contribution in [0.2, 0.25) is 0 Å². The lowest BCUT2D eigenvalue weighted by Crippen LogP contribution is -2.01. The summed E-state index contributed by atoms with van der Waals surface area (Å²) in [7, 11) is 0. The van der Waals surface area contributed by atoms with Crippen LogP contribution in [0.25, 0.3) is 0 Å². The molecule has 1 aliphatic rings. The van der Waals surface area contributed by atoms with Gasteiger partial charge in [0.15, 0.2) is 11.6 Å². The van der Waals surface area contributed by atoms with E-state index < -0.39 is 11.6 Å². The molecule has 1 aliphatic carbocycles. The molecule has 1 saturated carbocycles. The maximum atomic E-state index is 13.2. The van der Waals surface area contributed by atoms with E-state index in [0.29, 0.717) is 0 Å². The van der Waals surface area contributed by atoms with Crippen molar-refractivity contribution in [1.29, 1.82) is 5.26 Å². The molecule has 0 saturated heterocycles. The molecule has 0 aliphatic heterocycles. The van der Waals surface area contributed by atoms with E-state index in [2.05, 4.69) is 0 Å². The minimum absolute atomic E-state index is 0.0120. The third-order valence-electron chi connectivity index (χ3n) is 1.94. The van der Waals surface area contributed by atoms with Gasteiger partial charge in [-0.3, -0.25) is 0 Å². The number of benzene rings is 1. The van der Waals surface area contributed by atoms with E-state index in [1.165, 1.54) is 0 Å². The smallest absolute Gasteiger partial charge is 0.173 e. The fraction of sp³-hybridized carbons (Fsp3) is 0.300. The molecule has 0 unspecified atom stereocenters. The van der Waals surface area contributed by atoms with Crippen LogP contribution in [0, 0.1) is 23.0 Å². The van der Waals surface area contributed by atoms with Crippen molar-refractivity contribution in [3.8, 4) is 11.8 Å². The molecule has 4 heteroatoms. The third-order valence-corrected chi connectivity index (χ3v) is 1.94. The van der Waals surface area contributed by atoms with Gasteiger partial charge in [0.2, 0.25) is 0 Å². The maximum Gasteiger partial charge on any atom is 0.173 e. The first-order valence-corrected chi connectivity index (χ1v) is 4.26. The van der Waals surface area contributed by atoms with Crippen molar-refractivity contribution in [2.24, 2.45) is 0 Å². The summed E-state index contributed by atoms with van der Waals surface area (Å²) in [6, 6.07) is 3.40. The first-order chi connectivity index (χ1) is 6.70. The molecular weight excluding hydrogens is 188 g/mol. The monoisotopic (exact) mass is 195 g/mol. The van der Waals surface area contributed by atoms with Crippen molar-refractivity contribution >= 4 is 0 Å². The number of nitrogens with zero attached hydrogens (tertiary/aromatic N) is 1. The van der Waals surface area contributed by atoms with Crippen molar-refractivity contribution in [1.82, 2.24) is 0 Å². The highest BCUT2D eigenvalue weighted by Gasteiger charge is 2.26. The second kappa shape index (κ2) is 3.26. The van der Waals surface area contributed by atoms with Crippen molar-refractivity contribution in [3.05, 3.63) is 29.3 Å². The Morgan fingerprint density at radius 3 is 2.64 bits per heavy atom. The number of nitriles is 1. The molecule has 14 heavy (non-hydrogen) atoms. The number of rotatable bonds is 2. The predicted molar refractivity (Wildman–Crippen MR) is 44.7 cm³/mol. The van der Waals surface area contributed by atoms with Gasteiger partial charge in [-0.25, -0.2) is 8.78 Å². The van der Waals surface area contributed by atoms with Crippen molar-refractivity contribution in [2.75, 3.05) is 0 Å². The van der Waals surface area contributed by atoms with Gasteiger partial charge >= 0.3 is 0 Å². The van der Waals surface area contributed by atoms with E-state index >= 15 is 0 Å². The first-order valence-electron chi connectivity index (χ1n) is 4.26. The first kappa shape index (κ1) is 8.95. The van der Waals surface area contributed by atoms with Crippen molar-refractivity contribution in [2.45, 2.75) is 18.9 Å². The van der Waals surface area contributed by atoms with Crippen LogP contribution in [0.4, 0.5) is 8.78 Å². The van der Waals surface area contributed by atoms with Gasteiger partial charge in [0.05, 0.1) is 11.7 Å². The summed E-state index contributed by atoms with van der Waals surface area (Å²) in [5, 5.41) is 8.64. The van der Waals surface area contributed by atoms with Crippen LogP contribution in [0.3, 0.4) is 0 Å². The third kappa shape index (κ3) is 1.67. The van der Waals surface area contributed by atoms with Gasteiger partial charge in [0.1, 0.15) is 11.9 Å². The van der Waals surface area contributed by atoms with E-state index in [-0.39, 0.29) is 17.4 Å². The predicted octanol–water partition coefficient (Wildman–Crippen LogP) is 2.38. The summed E-state index contributed by atoms with van der Waals surface area (Å²) in [4.78, 5) is 0. The average Bonchev–Trinajstić information content (AvgIpc) is 2.93. The number of halogens is 2. The topological polar surface area (TPSA) is 33.0 Å². The Morgan fingerprint density at radius 1 is 1.36 bits per heavy atom. The summed E-state index contributed by atoms with van der Waals surface area (Å²) in [6.45, 7) is 0. The molecule has 1 aromatic carbocycles. The molecule has 0 spiro atoms. The molecular formula is C10H7F2NO. The van der Waals surface area contributed by atoms with E-state index in [0.717, 1.165) is 25.0 Å². The molecule has 0 radical (unpaired) electrons. The molecule has 0 aromatic heterocycles. The van der Waals surface area contributed by atoms with E-state index in [4.69, 9.17) is 10.00 Å². The lowest BCUT2D eigenvalue weighted by molar-refractivity contribution is 0.285. The molecule has 72 valence electrons. The summed E-state index contributed by atoms with van der Waals surface area (Å²) < 4.78 is 31.0. The number of hydrogen-bond donors (Lipinski definition) is 0. The maximum absolute atomic E-state index is 13.2. The van der Waals surface area contributed by atoms with Crippen LogP contribution in [0.15, 0.2) is 12.1 Å². The quantitative estimate of drug-likeness (QED) is 0.725. The fourth-order valence-electron chi connectivity index (χ4n) is 1.12. The van der Waals surface area contributed by atoms with E-state index in [9.17, 15) is 8.78 Å². The highest BCUT2D eigenvalue weighted by Crippen LogP contribution is 2.31. The Balaban J connectivity index is 2.39. The molecule has 1 aromatic rings. The van der Waals surface area contributed by atoms with Gasteiger partial charge in [-0.05, 0) is 18.9 Å². The van der Waals surface area contributed by atoms with Gasteiger partial charge in [-0.1, -0.05) is 0 Å². The second-order valence-electron chi connectivity index (χ2n) is 3.19. The van der Waals surface area contributed by atoms with E-state index in [1.807, 2.05) is 0 Å². The normalized spacial score (nSPS) is 14.9. The Morgan fingerprint density at radius 2 is 2.07 bits per heavy atom. The van der Waals surface area contributed by atoms with Gasteiger partial charge in [-0.15, -0.1) is 0 Å². The molecule has 2 rings (SSSR count).